The number of hydrogen-bond donors (Lipinski definition) is 0. The Kier molecular flexibility index (Phi) is 4.43. The minimum absolute atomic E-state index is 0.108. The number of rotatable bonds is 4. The zero-order valence-electron chi connectivity index (χ0n) is 14.0. The number of amides is 1. The molecule has 128 valence electrons. The molecule has 1 aliphatic heterocycles. The predicted molar refractivity (Wildman–Crippen MR) is 93.8 cm³/mol. The molecule has 0 radical (unpaired) electrons. The van der Waals surface area contributed by atoms with Gasteiger partial charge in [0.2, 0.25) is 5.91 Å². The highest BCUT2D eigenvalue weighted by Crippen LogP contribution is 2.19. The van der Waals surface area contributed by atoms with Gasteiger partial charge in [-0.25, -0.2) is 0 Å². The maximum Gasteiger partial charge on any atom is 0.228 e. The van der Waals surface area contributed by atoms with Crippen LogP contribution < -0.4 is 0 Å². The van der Waals surface area contributed by atoms with E-state index in [0.717, 1.165) is 55.1 Å². The smallest absolute Gasteiger partial charge is 0.228 e. The number of pyridine rings is 1. The molecule has 1 saturated heterocycles. The molecular weight excluding hydrogens is 316 g/mol. The highest BCUT2D eigenvalue weighted by Gasteiger charge is 2.23. The van der Waals surface area contributed by atoms with Gasteiger partial charge in [-0.2, -0.15) is 0 Å². The number of carbonyl (C=O) groups is 1. The fraction of sp³-hybridized carbons (Fsp3) is 0.316. The van der Waals surface area contributed by atoms with Crippen LogP contribution in [0.5, 0.6) is 0 Å². The monoisotopic (exact) mass is 336 g/mol. The van der Waals surface area contributed by atoms with Crippen molar-refractivity contribution in [2.75, 3.05) is 26.2 Å². The highest BCUT2D eigenvalue weighted by molar-refractivity contribution is 5.86. The van der Waals surface area contributed by atoms with Crippen molar-refractivity contribution in [1.82, 2.24) is 19.9 Å². The summed E-state index contributed by atoms with van der Waals surface area (Å²) >= 11 is 0. The summed E-state index contributed by atoms with van der Waals surface area (Å²) in [5.74, 6) is 0.108. The molecule has 6 heteroatoms. The van der Waals surface area contributed by atoms with E-state index in [0.29, 0.717) is 0 Å². The van der Waals surface area contributed by atoms with E-state index >= 15 is 0 Å². The maximum atomic E-state index is 12.6. The van der Waals surface area contributed by atoms with E-state index in [-0.39, 0.29) is 12.3 Å². The van der Waals surface area contributed by atoms with Gasteiger partial charge in [-0.3, -0.25) is 14.7 Å². The first-order valence-electron chi connectivity index (χ1n) is 8.53. The van der Waals surface area contributed by atoms with Gasteiger partial charge in [0.25, 0.3) is 0 Å². The van der Waals surface area contributed by atoms with Gasteiger partial charge in [-0.1, -0.05) is 23.4 Å². The lowest BCUT2D eigenvalue weighted by Gasteiger charge is -2.34. The molecule has 0 N–H and O–H groups in total. The van der Waals surface area contributed by atoms with Crippen LogP contribution in [0.3, 0.4) is 0 Å². The number of benzene rings is 1. The molecule has 0 aliphatic carbocycles. The fourth-order valence-electron chi connectivity index (χ4n) is 3.20. The lowest BCUT2D eigenvalue weighted by Crippen LogP contribution is -2.48. The van der Waals surface area contributed by atoms with Gasteiger partial charge in [-0.05, 0) is 24.3 Å². The van der Waals surface area contributed by atoms with Crippen molar-refractivity contribution in [3.05, 3.63) is 60.0 Å². The van der Waals surface area contributed by atoms with Crippen LogP contribution in [-0.4, -0.2) is 52.0 Å². The van der Waals surface area contributed by atoms with E-state index in [1.165, 1.54) is 0 Å². The molecular formula is C19H20N4O2. The Morgan fingerprint density at radius 1 is 1.04 bits per heavy atom. The van der Waals surface area contributed by atoms with E-state index in [4.69, 9.17) is 4.52 Å². The predicted octanol–water partition coefficient (Wildman–Crippen LogP) is 2.11. The van der Waals surface area contributed by atoms with E-state index in [1.807, 2.05) is 53.6 Å². The first kappa shape index (κ1) is 15.8. The molecule has 4 rings (SSSR count). The summed E-state index contributed by atoms with van der Waals surface area (Å²) in [5.41, 5.74) is 2.51. The quantitative estimate of drug-likeness (QED) is 0.730. The van der Waals surface area contributed by atoms with Crippen LogP contribution in [0.2, 0.25) is 0 Å². The Labute approximate surface area is 146 Å². The number of aromatic nitrogens is 2. The van der Waals surface area contributed by atoms with Gasteiger partial charge in [0.05, 0.1) is 12.1 Å². The van der Waals surface area contributed by atoms with Crippen LogP contribution in [0.4, 0.5) is 0 Å². The third-order valence-corrected chi connectivity index (χ3v) is 4.61. The van der Waals surface area contributed by atoms with Gasteiger partial charge < -0.3 is 9.42 Å². The summed E-state index contributed by atoms with van der Waals surface area (Å²) in [6.07, 6.45) is 2.11. The van der Waals surface area contributed by atoms with Crippen LogP contribution in [0, 0.1) is 0 Å². The highest BCUT2D eigenvalue weighted by atomic mass is 16.5. The van der Waals surface area contributed by atoms with Gasteiger partial charge in [-0.15, -0.1) is 0 Å². The first-order valence-corrected chi connectivity index (χ1v) is 8.53. The largest absolute Gasteiger partial charge is 0.356 e. The molecule has 0 spiro atoms. The van der Waals surface area contributed by atoms with Crippen molar-refractivity contribution < 1.29 is 9.32 Å². The minimum Gasteiger partial charge on any atom is -0.356 e. The van der Waals surface area contributed by atoms with Crippen molar-refractivity contribution in [2.24, 2.45) is 0 Å². The third-order valence-electron chi connectivity index (χ3n) is 4.61. The minimum atomic E-state index is 0.108. The number of carbonyl (C=O) groups excluding carboxylic acids is 1. The zero-order chi connectivity index (χ0) is 17.1. The van der Waals surface area contributed by atoms with Gasteiger partial charge in [0, 0.05) is 44.3 Å². The second-order valence-corrected chi connectivity index (χ2v) is 6.28. The fourth-order valence-corrected chi connectivity index (χ4v) is 3.20. The van der Waals surface area contributed by atoms with E-state index in [1.54, 1.807) is 0 Å². The second kappa shape index (κ2) is 7.03. The Balaban J connectivity index is 1.33. The molecule has 3 heterocycles. The number of fused-ring (bicyclic) bond motifs is 1. The lowest BCUT2D eigenvalue weighted by molar-refractivity contribution is -0.132. The third kappa shape index (κ3) is 3.53. The number of para-hydroxylation sites is 1. The Bertz CT molecular complexity index is 854. The second-order valence-electron chi connectivity index (χ2n) is 6.28. The van der Waals surface area contributed by atoms with E-state index in [9.17, 15) is 4.79 Å². The molecule has 0 saturated carbocycles. The number of piperazine rings is 1. The molecule has 1 aromatic carbocycles. The summed E-state index contributed by atoms with van der Waals surface area (Å²) in [6, 6.07) is 13.6. The Morgan fingerprint density at radius 2 is 1.84 bits per heavy atom. The van der Waals surface area contributed by atoms with Crippen LogP contribution in [0.15, 0.2) is 53.2 Å². The molecule has 6 nitrogen and oxygen atoms in total. The van der Waals surface area contributed by atoms with Crippen LogP contribution in [0.25, 0.3) is 11.0 Å². The SMILES string of the molecule is O=C(Cc1noc2ccccc12)N1CCN(Cc2ccccn2)CC1. The first-order chi connectivity index (χ1) is 12.3. The summed E-state index contributed by atoms with van der Waals surface area (Å²) in [4.78, 5) is 21.2. The van der Waals surface area contributed by atoms with Gasteiger partial charge in [0.1, 0.15) is 5.69 Å². The number of hydrogen-bond acceptors (Lipinski definition) is 5. The standard InChI is InChI=1S/C19H20N4O2/c24-19(13-17-16-6-1-2-7-18(16)25-21-17)23-11-9-22(10-12-23)14-15-5-3-4-8-20-15/h1-8H,9-14H2. The molecule has 1 aliphatic rings. The average molecular weight is 336 g/mol. The van der Waals surface area contributed by atoms with Crippen molar-refractivity contribution in [3.8, 4) is 0 Å². The molecule has 0 unspecified atom stereocenters. The van der Waals surface area contributed by atoms with E-state index < -0.39 is 0 Å². The Morgan fingerprint density at radius 3 is 2.64 bits per heavy atom. The lowest BCUT2D eigenvalue weighted by atomic mass is 10.1. The molecule has 2 aromatic heterocycles. The normalized spacial score (nSPS) is 15.6. The van der Waals surface area contributed by atoms with Crippen molar-refractivity contribution in [3.63, 3.8) is 0 Å². The maximum absolute atomic E-state index is 12.6. The summed E-state index contributed by atoms with van der Waals surface area (Å²) in [6.45, 7) is 4.03. The van der Waals surface area contributed by atoms with Crippen molar-refractivity contribution in [2.45, 2.75) is 13.0 Å². The molecule has 1 fully saturated rings. The van der Waals surface area contributed by atoms with Crippen LogP contribution in [0.1, 0.15) is 11.4 Å². The summed E-state index contributed by atoms with van der Waals surface area (Å²) in [5, 5.41) is 4.98. The molecule has 3 aromatic rings. The molecule has 25 heavy (non-hydrogen) atoms. The van der Waals surface area contributed by atoms with Crippen LogP contribution >= 0.6 is 0 Å². The van der Waals surface area contributed by atoms with Gasteiger partial charge >= 0.3 is 0 Å². The van der Waals surface area contributed by atoms with Crippen molar-refractivity contribution in [1.29, 1.82) is 0 Å². The van der Waals surface area contributed by atoms with Crippen molar-refractivity contribution >= 4 is 16.9 Å². The zero-order valence-corrected chi connectivity index (χ0v) is 14.0. The Hall–Kier alpha value is -2.73. The molecule has 0 atom stereocenters. The molecule has 0 bridgehead atoms. The summed E-state index contributed by atoms with van der Waals surface area (Å²) in [7, 11) is 0. The topological polar surface area (TPSA) is 62.5 Å². The van der Waals surface area contributed by atoms with Gasteiger partial charge in [0.15, 0.2) is 5.58 Å². The number of nitrogens with zero attached hydrogens (tertiary/aromatic N) is 4. The summed E-state index contributed by atoms with van der Waals surface area (Å²) < 4.78 is 5.28. The average Bonchev–Trinajstić information content (AvgIpc) is 3.06. The van der Waals surface area contributed by atoms with E-state index in [2.05, 4.69) is 15.0 Å². The van der Waals surface area contributed by atoms with Crippen LogP contribution in [-0.2, 0) is 17.8 Å². The molecule has 1 amide bonds.